The summed E-state index contributed by atoms with van der Waals surface area (Å²) in [5, 5.41) is 18.5. The number of aromatic amines is 1. The van der Waals surface area contributed by atoms with E-state index in [0.29, 0.717) is 47.3 Å². The highest BCUT2D eigenvalue weighted by Gasteiger charge is 2.37. The molecule has 0 atom stereocenters. The lowest BCUT2D eigenvalue weighted by molar-refractivity contribution is -0.148. The second-order valence-corrected chi connectivity index (χ2v) is 9.61. The number of aliphatic carboxylic acids is 1. The Bertz CT molecular complexity index is 1440. The molecule has 2 N–H and O–H groups in total. The van der Waals surface area contributed by atoms with Crippen molar-refractivity contribution in [3.05, 3.63) is 53.9 Å². The highest BCUT2D eigenvalue weighted by atomic mass is 19.2. The Kier molecular flexibility index (Phi) is 5.67. The van der Waals surface area contributed by atoms with Crippen molar-refractivity contribution in [2.45, 2.75) is 44.8 Å². The average Bonchev–Trinajstić information content (AvgIpc) is 3.23. The van der Waals surface area contributed by atoms with Gasteiger partial charge >= 0.3 is 5.97 Å². The van der Waals surface area contributed by atoms with Crippen LogP contribution in [-0.2, 0) is 16.0 Å². The molecule has 7 nitrogen and oxygen atoms in total. The monoisotopic (exact) mass is 481 g/mol. The molecule has 4 aromatic rings. The van der Waals surface area contributed by atoms with E-state index in [1.807, 2.05) is 26.0 Å². The van der Waals surface area contributed by atoms with Gasteiger partial charge in [0.25, 0.3) is 0 Å². The topological polar surface area (TPSA) is 97.3 Å². The number of rotatable bonds is 7. The average molecular weight is 481 g/mol. The Hall–Kier alpha value is -3.59. The first-order valence-corrected chi connectivity index (χ1v) is 11.3. The molecule has 182 valence electrons. The van der Waals surface area contributed by atoms with Gasteiger partial charge in [-0.15, -0.1) is 0 Å². The van der Waals surface area contributed by atoms with Crippen LogP contribution in [-0.4, -0.2) is 45.1 Å². The first-order chi connectivity index (χ1) is 16.6. The molecule has 1 aliphatic rings. The van der Waals surface area contributed by atoms with Crippen LogP contribution >= 0.6 is 0 Å². The molecule has 0 amide bonds. The van der Waals surface area contributed by atoms with Crippen LogP contribution in [0, 0.1) is 17.6 Å². The van der Waals surface area contributed by atoms with E-state index < -0.39 is 29.1 Å². The van der Waals surface area contributed by atoms with Gasteiger partial charge in [-0.25, -0.2) is 13.8 Å². The van der Waals surface area contributed by atoms with Crippen molar-refractivity contribution in [2.24, 2.45) is 5.92 Å². The number of carbonyl (C=O) groups is 1. The number of benzene rings is 2. The van der Waals surface area contributed by atoms with E-state index in [2.05, 4.69) is 10.2 Å². The maximum atomic E-state index is 14.3. The van der Waals surface area contributed by atoms with Crippen LogP contribution in [0.2, 0.25) is 0 Å². The number of carboxylic acids is 1. The molecule has 2 aromatic heterocycles. The zero-order chi connectivity index (χ0) is 24.9. The zero-order valence-corrected chi connectivity index (χ0v) is 19.6. The summed E-state index contributed by atoms with van der Waals surface area (Å²) in [6.45, 7) is 3.83. The number of halogens is 2. The van der Waals surface area contributed by atoms with Crippen molar-refractivity contribution in [3.63, 3.8) is 0 Å². The molecule has 0 bridgehead atoms. The third-order valence-corrected chi connectivity index (χ3v) is 6.68. The minimum Gasteiger partial charge on any atom is -0.481 e. The molecule has 1 saturated carbocycles. The minimum atomic E-state index is -0.952. The molecule has 1 aliphatic carbocycles. The van der Waals surface area contributed by atoms with Crippen LogP contribution in [0.5, 0.6) is 5.88 Å². The van der Waals surface area contributed by atoms with Gasteiger partial charge in [-0.05, 0) is 61.9 Å². The summed E-state index contributed by atoms with van der Waals surface area (Å²) in [4.78, 5) is 16.1. The molecule has 0 radical (unpaired) electrons. The molecule has 9 heteroatoms. The Labute approximate surface area is 200 Å². The van der Waals surface area contributed by atoms with E-state index >= 15 is 0 Å². The molecule has 0 spiro atoms. The van der Waals surface area contributed by atoms with Crippen molar-refractivity contribution in [1.82, 2.24) is 15.2 Å². The smallest absolute Gasteiger partial charge is 0.306 e. The lowest BCUT2D eigenvalue weighted by Gasteiger charge is -2.33. The van der Waals surface area contributed by atoms with Gasteiger partial charge in [0.1, 0.15) is 6.10 Å². The van der Waals surface area contributed by atoms with Crippen LogP contribution in [0.15, 0.2) is 36.5 Å². The van der Waals surface area contributed by atoms with E-state index in [9.17, 15) is 18.7 Å². The molecule has 35 heavy (non-hydrogen) atoms. The number of carboxylic acid groups (broad SMARTS) is 1. The standard InChI is InChI=1S/C26H25F2N3O4/c1-26(2,34-3)11-22-23(13-4-5-19(27)20(28)9-13)17-8-15-12-29-31-21(15)10-18(17)24(30-22)35-16-6-14(7-16)25(32)33/h4-5,8-10,12,14,16H,6-7,11H2,1-3H3,(H,29,31)(H,32,33). The quantitative estimate of drug-likeness (QED) is 0.373. The van der Waals surface area contributed by atoms with Gasteiger partial charge in [0.05, 0.1) is 28.9 Å². The Morgan fingerprint density at radius 2 is 1.94 bits per heavy atom. The Morgan fingerprint density at radius 3 is 2.63 bits per heavy atom. The van der Waals surface area contributed by atoms with Crippen LogP contribution in [0.25, 0.3) is 32.8 Å². The molecule has 0 aliphatic heterocycles. The number of pyridine rings is 1. The van der Waals surface area contributed by atoms with Crippen molar-refractivity contribution >= 4 is 27.6 Å². The van der Waals surface area contributed by atoms with E-state index in [4.69, 9.17) is 14.5 Å². The third-order valence-electron chi connectivity index (χ3n) is 6.68. The lowest BCUT2D eigenvalue weighted by atomic mass is 9.82. The highest BCUT2D eigenvalue weighted by molar-refractivity contribution is 6.06. The molecule has 5 rings (SSSR count). The van der Waals surface area contributed by atoms with E-state index in [-0.39, 0.29) is 6.10 Å². The number of nitrogens with one attached hydrogen (secondary N) is 1. The number of methoxy groups -OCH3 is 1. The van der Waals surface area contributed by atoms with Crippen LogP contribution in [0.1, 0.15) is 32.4 Å². The van der Waals surface area contributed by atoms with E-state index in [1.54, 1.807) is 13.3 Å². The fourth-order valence-electron chi connectivity index (χ4n) is 4.46. The predicted octanol–water partition coefficient (Wildman–Crippen LogP) is 5.27. The first kappa shape index (κ1) is 23.2. The summed E-state index contributed by atoms with van der Waals surface area (Å²) in [5.74, 6) is -2.79. The third kappa shape index (κ3) is 4.32. The van der Waals surface area contributed by atoms with Crippen molar-refractivity contribution in [1.29, 1.82) is 0 Å². The number of fused-ring (bicyclic) bond motifs is 2. The highest BCUT2D eigenvalue weighted by Crippen LogP contribution is 2.41. The van der Waals surface area contributed by atoms with Crippen molar-refractivity contribution < 1.29 is 28.2 Å². The molecule has 1 fully saturated rings. The second kappa shape index (κ2) is 8.57. The van der Waals surface area contributed by atoms with Gasteiger partial charge in [0, 0.05) is 29.9 Å². The second-order valence-electron chi connectivity index (χ2n) is 9.61. The minimum absolute atomic E-state index is 0.276. The van der Waals surface area contributed by atoms with E-state index in [0.717, 1.165) is 22.4 Å². The number of H-pyrrole nitrogens is 1. The number of aromatic nitrogens is 3. The number of hydrogen-bond acceptors (Lipinski definition) is 5. The molecule has 0 saturated heterocycles. The van der Waals surface area contributed by atoms with Crippen molar-refractivity contribution in [2.75, 3.05) is 7.11 Å². The van der Waals surface area contributed by atoms with Gasteiger partial charge in [-0.1, -0.05) is 6.07 Å². The largest absolute Gasteiger partial charge is 0.481 e. The zero-order valence-electron chi connectivity index (χ0n) is 19.6. The summed E-state index contributed by atoms with van der Waals surface area (Å²) < 4.78 is 39.9. The van der Waals surface area contributed by atoms with Crippen molar-refractivity contribution in [3.8, 4) is 17.0 Å². The summed E-state index contributed by atoms with van der Waals surface area (Å²) in [6, 6.07) is 7.58. The number of nitrogens with zero attached hydrogens (tertiary/aromatic N) is 2. The van der Waals surface area contributed by atoms with Gasteiger partial charge in [0.15, 0.2) is 11.6 Å². The van der Waals surface area contributed by atoms with Crippen LogP contribution < -0.4 is 4.74 Å². The van der Waals surface area contributed by atoms with Gasteiger partial charge in [-0.3, -0.25) is 9.89 Å². The molecule has 0 unspecified atom stereocenters. The predicted molar refractivity (Wildman–Crippen MR) is 126 cm³/mol. The molecule has 2 aromatic carbocycles. The SMILES string of the molecule is COC(C)(C)Cc1nc(OC2CC(C(=O)O)C2)c2cc3[nH]ncc3cc2c1-c1ccc(F)c(F)c1. The van der Waals surface area contributed by atoms with Gasteiger partial charge < -0.3 is 14.6 Å². The van der Waals surface area contributed by atoms with Crippen LogP contribution in [0.4, 0.5) is 8.78 Å². The Morgan fingerprint density at radius 1 is 1.17 bits per heavy atom. The maximum absolute atomic E-state index is 14.3. The number of ether oxygens (including phenoxy) is 2. The first-order valence-electron chi connectivity index (χ1n) is 11.3. The summed E-state index contributed by atoms with van der Waals surface area (Å²) in [7, 11) is 1.60. The summed E-state index contributed by atoms with van der Waals surface area (Å²) in [6.07, 6.45) is 2.58. The van der Waals surface area contributed by atoms with E-state index in [1.165, 1.54) is 12.1 Å². The van der Waals surface area contributed by atoms with Crippen LogP contribution in [0.3, 0.4) is 0 Å². The van der Waals surface area contributed by atoms with Gasteiger partial charge in [0.2, 0.25) is 5.88 Å². The summed E-state index contributed by atoms with van der Waals surface area (Å²) in [5.41, 5.74) is 1.89. The lowest BCUT2D eigenvalue weighted by Crippen LogP contribution is -2.38. The summed E-state index contributed by atoms with van der Waals surface area (Å²) >= 11 is 0. The maximum Gasteiger partial charge on any atom is 0.306 e. The molecular formula is C26H25F2N3O4. The Balaban J connectivity index is 1.73. The fourth-order valence-corrected chi connectivity index (χ4v) is 4.46. The number of hydrogen-bond donors (Lipinski definition) is 2. The van der Waals surface area contributed by atoms with Gasteiger partial charge in [-0.2, -0.15) is 5.10 Å². The molecule has 2 heterocycles. The fraction of sp³-hybridized carbons (Fsp3) is 0.346. The molecular weight excluding hydrogens is 456 g/mol. The normalized spacial score (nSPS) is 18.1.